The smallest absolute Gasteiger partial charge is 0.290 e. The number of amides is 1. The van der Waals surface area contributed by atoms with E-state index >= 15 is 0 Å². The third kappa shape index (κ3) is 3.76. The second-order valence-electron chi connectivity index (χ2n) is 8.60. The molecule has 0 aliphatic carbocycles. The lowest BCUT2D eigenvalue weighted by Gasteiger charge is -2.25. The lowest BCUT2D eigenvalue weighted by molar-refractivity contribution is 0.0716. The van der Waals surface area contributed by atoms with Gasteiger partial charge in [-0.1, -0.05) is 36.4 Å². The van der Waals surface area contributed by atoms with Crippen LogP contribution in [0.2, 0.25) is 0 Å². The van der Waals surface area contributed by atoms with Crippen molar-refractivity contribution in [1.82, 2.24) is 4.90 Å². The number of aliphatic hydroxyl groups excluding tert-OH is 1. The van der Waals surface area contributed by atoms with Gasteiger partial charge in [-0.25, -0.2) is 0 Å². The average molecular weight is 456 g/mol. The molecular weight excluding hydrogens is 430 g/mol. The van der Waals surface area contributed by atoms with E-state index in [4.69, 9.17) is 9.15 Å². The molecule has 1 amide bonds. The van der Waals surface area contributed by atoms with Gasteiger partial charge in [-0.2, -0.15) is 0 Å². The number of fused-ring (bicyclic) bond motifs is 2. The molecule has 1 unspecified atom stereocenters. The van der Waals surface area contributed by atoms with Crippen molar-refractivity contribution in [2.75, 3.05) is 13.2 Å². The zero-order valence-corrected chi connectivity index (χ0v) is 19.1. The first-order chi connectivity index (χ1) is 16.5. The summed E-state index contributed by atoms with van der Waals surface area (Å²) in [6.07, 6.45) is 0.391. The van der Waals surface area contributed by atoms with Gasteiger partial charge in [-0.15, -0.1) is 0 Å². The van der Waals surface area contributed by atoms with E-state index in [0.29, 0.717) is 41.0 Å². The Morgan fingerprint density at radius 2 is 1.74 bits per heavy atom. The lowest BCUT2D eigenvalue weighted by atomic mass is 9.97. The van der Waals surface area contributed by atoms with Crippen molar-refractivity contribution >= 4 is 16.9 Å². The summed E-state index contributed by atoms with van der Waals surface area (Å²) in [6, 6.07) is 19.9. The van der Waals surface area contributed by atoms with Gasteiger partial charge in [-0.3, -0.25) is 9.59 Å². The van der Waals surface area contributed by atoms with Crippen LogP contribution in [0.4, 0.5) is 0 Å². The predicted molar refractivity (Wildman–Crippen MR) is 129 cm³/mol. The first-order valence-corrected chi connectivity index (χ1v) is 11.3. The molecule has 0 bridgehead atoms. The molecular formula is C28H25NO5. The summed E-state index contributed by atoms with van der Waals surface area (Å²) in [5, 5.41) is 9.89. The van der Waals surface area contributed by atoms with Crippen LogP contribution in [-0.2, 0) is 0 Å². The number of hydrogen-bond donors (Lipinski definition) is 1. The molecule has 0 saturated carbocycles. The Hall–Kier alpha value is -3.90. The highest BCUT2D eigenvalue weighted by atomic mass is 16.5. The SMILES string of the molecule is Cc1cc(C)c2oc3c(c(=O)c2c1)C(c1cccc(Oc2ccccc2)c1)N(CCCO)C3=O. The minimum absolute atomic E-state index is 0.0638. The second-order valence-corrected chi connectivity index (χ2v) is 8.60. The standard InChI is InChI=1S/C28H25NO5/c1-17-14-18(2)26-22(15-17)25(31)23-24(29(12-7-13-30)28(32)27(23)34-26)19-8-6-11-21(16-19)33-20-9-4-3-5-10-20/h3-6,8-11,14-16,24,30H,7,12-13H2,1-2H3. The zero-order chi connectivity index (χ0) is 23.8. The van der Waals surface area contributed by atoms with E-state index in [1.165, 1.54) is 0 Å². The first-order valence-electron chi connectivity index (χ1n) is 11.3. The fourth-order valence-electron chi connectivity index (χ4n) is 4.67. The fourth-order valence-corrected chi connectivity index (χ4v) is 4.67. The minimum atomic E-state index is -0.630. The van der Waals surface area contributed by atoms with E-state index in [2.05, 4.69) is 0 Å². The minimum Gasteiger partial charge on any atom is -0.457 e. The summed E-state index contributed by atoms with van der Waals surface area (Å²) in [5.41, 5.74) is 3.07. The van der Waals surface area contributed by atoms with Crippen molar-refractivity contribution in [2.45, 2.75) is 26.3 Å². The van der Waals surface area contributed by atoms with Gasteiger partial charge in [0, 0.05) is 13.2 Å². The molecule has 1 atom stereocenters. The molecule has 2 heterocycles. The van der Waals surface area contributed by atoms with E-state index in [9.17, 15) is 14.7 Å². The number of nitrogens with zero attached hydrogens (tertiary/aromatic N) is 1. The molecule has 0 saturated heterocycles. The summed E-state index contributed by atoms with van der Waals surface area (Å²) < 4.78 is 12.1. The Balaban J connectivity index is 1.67. The van der Waals surface area contributed by atoms with Crippen LogP contribution in [-0.4, -0.2) is 29.1 Å². The summed E-state index contributed by atoms with van der Waals surface area (Å²) in [4.78, 5) is 28.8. The number of aliphatic hydroxyl groups is 1. The Bertz CT molecular complexity index is 1440. The van der Waals surface area contributed by atoms with Crippen LogP contribution in [0.5, 0.6) is 11.5 Å². The molecule has 1 aliphatic rings. The van der Waals surface area contributed by atoms with Crippen molar-refractivity contribution in [3.63, 3.8) is 0 Å². The highest BCUT2D eigenvalue weighted by molar-refractivity contribution is 5.99. The number of hydrogen-bond acceptors (Lipinski definition) is 5. The fraction of sp³-hybridized carbons (Fsp3) is 0.214. The number of benzene rings is 3. The van der Waals surface area contributed by atoms with Crippen LogP contribution in [0.1, 0.15) is 45.3 Å². The van der Waals surface area contributed by atoms with Crippen molar-refractivity contribution in [3.8, 4) is 11.5 Å². The maximum atomic E-state index is 13.7. The van der Waals surface area contributed by atoms with E-state index in [1.807, 2.05) is 74.5 Å². The molecule has 6 heteroatoms. The van der Waals surface area contributed by atoms with E-state index in [0.717, 1.165) is 16.7 Å². The van der Waals surface area contributed by atoms with Gasteiger partial charge >= 0.3 is 0 Å². The normalized spacial score (nSPS) is 15.1. The third-order valence-corrected chi connectivity index (χ3v) is 6.11. The zero-order valence-electron chi connectivity index (χ0n) is 19.1. The molecule has 0 fully saturated rings. The maximum Gasteiger partial charge on any atom is 0.290 e. The molecule has 1 aromatic heterocycles. The number of aryl methyl sites for hydroxylation is 2. The molecule has 1 N–H and O–H groups in total. The van der Waals surface area contributed by atoms with Crippen LogP contribution in [0, 0.1) is 13.8 Å². The Morgan fingerprint density at radius 3 is 2.50 bits per heavy atom. The third-order valence-electron chi connectivity index (χ3n) is 6.11. The van der Waals surface area contributed by atoms with E-state index in [1.54, 1.807) is 11.0 Å². The van der Waals surface area contributed by atoms with Crippen LogP contribution >= 0.6 is 0 Å². The van der Waals surface area contributed by atoms with Gasteiger partial charge in [0.1, 0.15) is 17.1 Å². The molecule has 172 valence electrons. The maximum absolute atomic E-state index is 13.7. The summed E-state index contributed by atoms with van der Waals surface area (Å²) >= 11 is 0. The summed E-state index contributed by atoms with van der Waals surface area (Å²) in [5.74, 6) is 1.02. The molecule has 3 aromatic carbocycles. The number of para-hydroxylation sites is 1. The van der Waals surface area contributed by atoms with Crippen molar-refractivity contribution in [1.29, 1.82) is 0 Å². The Labute approximate surface area is 197 Å². The lowest BCUT2D eigenvalue weighted by Crippen LogP contribution is -2.31. The van der Waals surface area contributed by atoms with Crippen LogP contribution in [0.3, 0.4) is 0 Å². The average Bonchev–Trinajstić information content (AvgIpc) is 3.11. The highest BCUT2D eigenvalue weighted by Crippen LogP contribution is 2.40. The molecule has 0 spiro atoms. The predicted octanol–water partition coefficient (Wildman–Crippen LogP) is 5.13. The molecule has 0 radical (unpaired) electrons. The van der Waals surface area contributed by atoms with Gasteiger partial charge in [0.05, 0.1) is 17.0 Å². The Kier molecular flexibility index (Phi) is 5.67. The topological polar surface area (TPSA) is 80.0 Å². The van der Waals surface area contributed by atoms with Gasteiger partial charge in [0.25, 0.3) is 5.91 Å². The molecule has 5 rings (SSSR count). The second kappa shape index (κ2) is 8.80. The van der Waals surface area contributed by atoms with Gasteiger partial charge in [0.15, 0.2) is 5.43 Å². The number of ether oxygens (including phenoxy) is 1. The van der Waals surface area contributed by atoms with Crippen molar-refractivity contribution in [2.24, 2.45) is 0 Å². The van der Waals surface area contributed by atoms with Crippen LogP contribution < -0.4 is 10.2 Å². The quantitative estimate of drug-likeness (QED) is 0.436. The van der Waals surface area contributed by atoms with Gasteiger partial charge < -0.3 is 19.2 Å². The molecule has 4 aromatic rings. The molecule has 6 nitrogen and oxygen atoms in total. The summed E-state index contributed by atoms with van der Waals surface area (Å²) in [6.45, 7) is 4.03. The van der Waals surface area contributed by atoms with Crippen LogP contribution in [0.15, 0.2) is 75.9 Å². The molecule has 1 aliphatic heterocycles. The van der Waals surface area contributed by atoms with Crippen molar-refractivity contribution in [3.05, 3.63) is 105 Å². The Morgan fingerprint density at radius 1 is 0.971 bits per heavy atom. The number of carbonyl (C=O) groups excluding carboxylic acids is 1. The van der Waals surface area contributed by atoms with Gasteiger partial charge in [0.2, 0.25) is 5.76 Å². The summed E-state index contributed by atoms with van der Waals surface area (Å²) in [7, 11) is 0. The number of carbonyl (C=O) groups is 1. The van der Waals surface area contributed by atoms with Crippen molar-refractivity contribution < 1.29 is 19.1 Å². The van der Waals surface area contributed by atoms with E-state index in [-0.39, 0.29) is 23.7 Å². The molecule has 34 heavy (non-hydrogen) atoms. The number of rotatable bonds is 6. The first kappa shape index (κ1) is 21.9. The van der Waals surface area contributed by atoms with Crippen LogP contribution in [0.25, 0.3) is 11.0 Å². The van der Waals surface area contributed by atoms with Gasteiger partial charge in [-0.05, 0) is 67.3 Å². The monoisotopic (exact) mass is 455 g/mol. The van der Waals surface area contributed by atoms with E-state index < -0.39 is 6.04 Å². The largest absolute Gasteiger partial charge is 0.457 e. The highest BCUT2D eigenvalue weighted by Gasteiger charge is 2.42.